The molecular weight excluding hydrogens is 348 g/mol. The normalized spacial score (nSPS) is 11.6. The van der Waals surface area contributed by atoms with Gasteiger partial charge in [0.2, 0.25) is 5.91 Å². The smallest absolute Gasteiger partial charge is 0.255 e. The fraction of sp³-hybridized carbons (Fsp3) is 0.500. The topological polar surface area (TPSA) is 71.0 Å². The summed E-state index contributed by atoms with van der Waals surface area (Å²) in [5.41, 5.74) is 0.965. The third-order valence-electron chi connectivity index (χ3n) is 3.20. The van der Waals surface area contributed by atoms with Crippen molar-refractivity contribution in [3.8, 4) is 11.4 Å². The molecule has 2 aromatic heterocycles. The van der Waals surface area contributed by atoms with Crippen molar-refractivity contribution in [2.45, 2.75) is 33.6 Å². The molecule has 9 heteroatoms. The SMILES string of the molecule is CN(C(=O)CC(C)(C)C)c1nc(-c2cc(NCC(F)F)ncn2)cs1. The Morgan fingerprint density at radius 2 is 2.04 bits per heavy atom. The second-order valence-corrected chi connectivity index (χ2v) is 7.60. The predicted octanol–water partition coefficient (Wildman–Crippen LogP) is 3.68. The third-order valence-corrected chi connectivity index (χ3v) is 4.12. The Balaban J connectivity index is 2.13. The Kier molecular flexibility index (Phi) is 5.99. The van der Waals surface area contributed by atoms with Gasteiger partial charge in [-0.2, -0.15) is 0 Å². The van der Waals surface area contributed by atoms with Crippen LogP contribution in [0, 0.1) is 5.41 Å². The number of hydrogen-bond acceptors (Lipinski definition) is 6. The molecule has 1 amide bonds. The van der Waals surface area contributed by atoms with E-state index < -0.39 is 13.0 Å². The highest BCUT2D eigenvalue weighted by atomic mass is 32.1. The third kappa shape index (κ3) is 5.70. The highest BCUT2D eigenvalue weighted by Crippen LogP contribution is 2.28. The van der Waals surface area contributed by atoms with Gasteiger partial charge in [-0.25, -0.2) is 23.7 Å². The molecule has 0 aromatic carbocycles. The molecule has 1 N–H and O–H groups in total. The molecule has 0 spiro atoms. The van der Waals surface area contributed by atoms with Crippen LogP contribution in [-0.2, 0) is 4.79 Å². The van der Waals surface area contributed by atoms with Gasteiger partial charge in [0.25, 0.3) is 6.43 Å². The first kappa shape index (κ1) is 19.2. The summed E-state index contributed by atoms with van der Waals surface area (Å²) < 4.78 is 24.6. The van der Waals surface area contributed by atoms with Gasteiger partial charge in [0.05, 0.1) is 12.2 Å². The summed E-state index contributed by atoms with van der Waals surface area (Å²) in [4.78, 5) is 26.3. The number of nitrogens with zero attached hydrogens (tertiary/aromatic N) is 4. The first-order chi connectivity index (χ1) is 11.7. The van der Waals surface area contributed by atoms with Crippen LogP contribution in [0.5, 0.6) is 0 Å². The summed E-state index contributed by atoms with van der Waals surface area (Å²) >= 11 is 1.32. The summed E-state index contributed by atoms with van der Waals surface area (Å²) in [6, 6.07) is 1.55. The maximum Gasteiger partial charge on any atom is 0.255 e. The van der Waals surface area contributed by atoms with E-state index in [4.69, 9.17) is 0 Å². The summed E-state index contributed by atoms with van der Waals surface area (Å²) in [7, 11) is 1.69. The Labute approximate surface area is 149 Å². The van der Waals surface area contributed by atoms with Crippen molar-refractivity contribution in [3.05, 3.63) is 17.8 Å². The lowest BCUT2D eigenvalue weighted by Crippen LogP contribution is -2.29. The maximum atomic E-state index is 12.3. The number of carbonyl (C=O) groups is 1. The van der Waals surface area contributed by atoms with Gasteiger partial charge in [0.15, 0.2) is 5.13 Å². The maximum absolute atomic E-state index is 12.3. The number of nitrogens with one attached hydrogen (secondary N) is 1. The lowest BCUT2D eigenvalue weighted by atomic mass is 9.92. The van der Waals surface area contributed by atoms with E-state index in [-0.39, 0.29) is 11.3 Å². The molecule has 136 valence electrons. The van der Waals surface area contributed by atoms with Crippen molar-refractivity contribution < 1.29 is 13.6 Å². The van der Waals surface area contributed by atoms with E-state index in [2.05, 4.69) is 20.3 Å². The zero-order valence-electron chi connectivity index (χ0n) is 14.6. The van der Waals surface area contributed by atoms with E-state index in [1.165, 1.54) is 22.6 Å². The van der Waals surface area contributed by atoms with Crippen LogP contribution in [0.15, 0.2) is 17.8 Å². The van der Waals surface area contributed by atoms with Gasteiger partial charge in [-0.3, -0.25) is 9.69 Å². The molecule has 2 heterocycles. The molecule has 6 nitrogen and oxygen atoms in total. The van der Waals surface area contributed by atoms with Crippen LogP contribution in [0.2, 0.25) is 0 Å². The molecule has 2 rings (SSSR count). The lowest BCUT2D eigenvalue weighted by Gasteiger charge is -2.21. The summed E-state index contributed by atoms with van der Waals surface area (Å²) in [5, 5.41) is 4.87. The van der Waals surface area contributed by atoms with E-state index in [9.17, 15) is 13.6 Å². The van der Waals surface area contributed by atoms with E-state index in [0.717, 1.165) is 0 Å². The van der Waals surface area contributed by atoms with E-state index >= 15 is 0 Å². The number of alkyl halides is 2. The van der Waals surface area contributed by atoms with Gasteiger partial charge in [-0.15, -0.1) is 11.3 Å². The molecule has 0 atom stereocenters. The molecule has 0 aliphatic heterocycles. The minimum Gasteiger partial charge on any atom is -0.364 e. The van der Waals surface area contributed by atoms with Crippen molar-refractivity contribution in [2.75, 3.05) is 23.8 Å². The van der Waals surface area contributed by atoms with Crippen LogP contribution in [0.3, 0.4) is 0 Å². The van der Waals surface area contributed by atoms with Gasteiger partial charge in [0.1, 0.15) is 17.8 Å². The lowest BCUT2D eigenvalue weighted by molar-refractivity contribution is -0.120. The van der Waals surface area contributed by atoms with E-state index in [1.807, 2.05) is 20.8 Å². The van der Waals surface area contributed by atoms with Crippen molar-refractivity contribution in [1.29, 1.82) is 0 Å². The van der Waals surface area contributed by atoms with Crippen molar-refractivity contribution >= 4 is 28.2 Å². The Morgan fingerprint density at radius 1 is 1.32 bits per heavy atom. The highest BCUT2D eigenvalue weighted by Gasteiger charge is 2.22. The first-order valence-electron chi connectivity index (χ1n) is 7.72. The molecule has 25 heavy (non-hydrogen) atoms. The molecule has 0 saturated heterocycles. The van der Waals surface area contributed by atoms with Crippen LogP contribution in [-0.4, -0.2) is 40.9 Å². The molecule has 0 saturated carbocycles. The van der Waals surface area contributed by atoms with Crippen LogP contribution in [0.4, 0.5) is 19.7 Å². The number of carbonyl (C=O) groups excluding carboxylic acids is 1. The van der Waals surface area contributed by atoms with Gasteiger partial charge in [0, 0.05) is 24.9 Å². The quantitative estimate of drug-likeness (QED) is 0.841. The van der Waals surface area contributed by atoms with Crippen molar-refractivity contribution in [1.82, 2.24) is 15.0 Å². The van der Waals surface area contributed by atoms with Gasteiger partial charge in [-0.05, 0) is 5.41 Å². The monoisotopic (exact) mass is 369 g/mol. The van der Waals surface area contributed by atoms with E-state index in [0.29, 0.717) is 28.8 Å². The van der Waals surface area contributed by atoms with Crippen molar-refractivity contribution in [2.24, 2.45) is 5.41 Å². The average molecular weight is 369 g/mol. The Bertz CT molecular complexity index is 729. The minimum absolute atomic E-state index is 0.0182. The van der Waals surface area contributed by atoms with Gasteiger partial charge < -0.3 is 5.32 Å². The highest BCUT2D eigenvalue weighted by molar-refractivity contribution is 7.14. The van der Waals surface area contributed by atoms with Gasteiger partial charge >= 0.3 is 0 Å². The number of anilines is 2. The summed E-state index contributed by atoms with van der Waals surface area (Å²) in [6.45, 7) is 5.52. The van der Waals surface area contributed by atoms with Crippen LogP contribution < -0.4 is 10.2 Å². The second-order valence-electron chi connectivity index (χ2n) is 6.77. The number of aromatic nitrogens is 3. The average Bonchev–Trinajstić information content (AvgIpc) is 3.00. The molecule has 0 radical (unpaired) electrons. The molecule has 0 unspecified atom stereocenters. The molecule has 0 bridgehead atoms. The largest absolute Gasteiger partial charge is 0.364 e. The zero-order chi connectivity index (χ0) is 18.6. The van der Waals surface area contributed by atoms with Crippen LogP contribution in [0.25, 0.3) is 11.4 Å². The Morgan fingerprint density at radius 3 is 2.68 bits per heavy atom. The molecule has 0 aliphatic carbocycles. The fourth-order valence-corrected chi connectivity index (χ4v) is 2.79. The summed E-state index contributed by atoms with van der Waals surface area (Å²) in [5.74, 6) is 0.285. The van der Waals surface area contributed by atoms with Gasteiger partial charge in [-0.1, -0.05) is 20.8 Å². The number of halogens is 2. The zero-order valence-corrected chi connectivity index (χ0v) is 15.4. The molecule has 0 aliphatic rings. The van der Waals surface area contributed by atoms with E-state index in [1.54, 1.807) is 18.5 Å². The molecule has 0 fully saturated rings. The number of amides is 1. The standard InChI is InChI=1S/C16H21F2N5OS/c1-16(2,3)6-14(24)23(4)15-22-11(8-25-15)10-5-13(21-9-20-10)19-7-12(17)18/h5,8-9,12H,6-7H2,1-4H3,(H,19,20,21). The van der Waals surface area contributed by atoms with Crippen LogP contribution >= 0.6 is 11.3 Å². The van der Waals surface area contributed by atoms with Crippen molar-refractivity contribution in [3.63, 3.8) is 0 Å². The second kappa shape index (κ2) is 7.81. The molecular formula is C16H21F2N5OS. The van der Waals surface area contributed by atoms with Crippen LogP contribution in [0.1, 0.15) is 27.2 Å². The fourth-order valence-electron chi connectivity index (χ4n) is 1.99. The first-order valence-corrected chi connectivity index (χ1v) is 8.60. The summed E-state index contributed by atoms with van der Waals surface area (Å²) in [6.07, 6.45) is -0.767. The minimum atomic E-state index is -2.47. The number of hydrogen-bond donors (Lipinski definition) is 1. The number of thiazole rings is 1. The molecule has 2 aromatic rings. The predicted molar refractivity (Wildman–Crippen MR) is 95.1 cm³/mol. The Hall–Kier alpha value is -2.16. The number of rotatable bonds is 6.